The summed E-state index contributed by atoms with van der Waals surface area (Å²) in [4.78, 5) is 13.0. The molecule has 0 bridgehead atoms. The minimum atomic E-state index is -0.0937. The van der Waals surface area contributed by atoms with Crippen LogP contribution in [0, 0.1) is 12.8 Å². The molecule has 0 fully saturated rings. The molecule has 1 amide bonds. The summed E-state index contributed by atoms with van der Waals surface area (Å²) < 4.78 is 3.83. The van der Waals surface area contributed by atoms with Crippen LogP contribution in [0.2, 0.25) is 0 Å². The summed E-state index contributed by atoms with van der Waals surface area (Å²) in [5.74, 6) is 0.214. The predicted octanol–water partition coefficient (Wildman–Crippen LogP) is 3.93. The van der Waals surface area contributed by atoms with Crippen LogP contribution in [0.1, 0.15) is 59.7 Å². The number of carbonyl (C=O) groups is 1. The zero-order valence-corrected chi connectivity index (χ0v) is 14.4. The molecular weight excluding hydrogens is 294 g/mol. The van der Waals surface area contributed by atoms with Crippen LogP contribution in [-0.4, -0.2) is 15.5 Å². The van der Waals surface area contributed by atoms with Gasteiger partial charge in [-0.3, -0.25) is 4.79 Å². The molecule has 4 nitrogen and oxygen atoms in total. The van der Waals surface area contributed by atoms with E-state index in [-0.39, 0.29) is 11.9 Å². The zero-order chi connectivity index (χ0) is 16.1. The van der Waals surface area contributed by atoms with Crippen molar-refractivity contribution in [2.45, 2.75) is 46.6 Å². The Kier molecular flexibility index (Phi) is 5.66. The lowest BCUT2D eigenvalue weighted by molar-refractivity contribution is 0.0929. The maximum atomic E-state index is 12.4. The molecule has 1 atom stereocenters. The molecule has 2 rings (SSSR count). The summed E-state index contributed by atoms with van der Waals surface area (Å²) in [5.41, 5.74) is 3.16. The average molecular weight is 317 g/mol. The molecule has 118 valence electrons. The molecular formula is C17H23N3OS. The minimum absolute atomic E-state index is 0.00956. The van der Waals surface area contributed by atoms with E-state index in [2.05, 4.69) is 59.9 Å². The molecule has 22 heavy (non-hydrogen) atoms. The Balaban J connectivity index is 2.16. The van der Waals surface area contributed by atoms with Crippen molar-refractivity contribution in [1.29, 1.82) is 0 Å². The molecule has 1 aromatic carbocycles. The van der Waals surface area contributed by atoms with Crippen LogP contribution in [0.15, 0.2) is 24.3 Å². The smallest absolute Gasteiger partial charge is 0.265 e. The summed E-state index contributed by atoms with van der Waals surface area (Å²) in [7, 11) is 0. The first-order valence-corrected chi connectivity index (χ1v) is 8.49. The van der Waals surface area contributed by atoms with E-state index in [0.29, 0.717) is 16.5 Å². The quantitative estimate of drug-likeness (QED) is 0.878. The number of amides is 1. The highest BCUT2D eigenvalue weighted by Gasteiger charge is 2.21. The number of hydrogen-bond donors (Lipinski definition) is 1. The van der Waals surface area contributed by atoms with Gasteiger partial charge in [0.25, 0.3) is 5.91 Å². The zero-order valence-electron chi connectivity index (χ0n) is 13.6. The third kappa shape index (κ3) is 3.91. The second-order valence-corrected chi connectivity index (χ2v) is 6.63. The maximum absolute atomic E-state index is 12.4. The Morgan fingerprint density at radius 1 is 1.27 bits per heavy atom. The highest BCUT2D eigenvalue weighted by atomic mass is 32.1. The summed E-state index contributed by atoms with van der Waals surface area (Å²) in [6.45, 7) is 8.21. The van der Waals surface area contributed by atoms with Crippen molar-refractivity contribution >= 4 is 17.4 Å². The topological polar surface area (TPSA) is 54.9 Å². The number of nitrogens with one attached hydrogen (secondary N) is 1. The fraction of sp³-hybridized carbons (Fsp3) is 0.471. The van der Waals surface area contributed by atoms with Crippen LogP contribution < -0.4 is 5.32 Å². The number of benzene rings is 1. The number of nitrogens with zero attached hydrogens (tertiary/aromatic N) is 2. The van der Waals surface area contributed by atoms with Gasteiger partial charge in [-0.05, 0) is 41.9 Å². The van der Waals surface area contributed by atoms with Crippen LogP contribution in [0.4, 0.5) is 0 Å². The van der Waals surface area contributed by atoms with Crippen LogP contribution in [0.5, 0.6) is 0 Å². The summed E-state index contributed by atoms with van der Waals surface area (Å²) in [5, 5.41) is 7.02. The van der Waals surface area contributed by atoms with Gasteiger partial charge >= 0.3 is 0 Å². The molecule has 5 heteroatoms. The Bertz CT molecular complexity index is 619. The average Bonchev–Trinajstić information content (AvgIpc) is 2.92. The number of hydrogen-bond acceptors (Lipinski definition) is 4. The van der Waals surface area contributed by atoms with Crippen molar-refractivity contribution in [3.63, 3.8) is 0 Å². The number of carbonyl (C=O) groups excluding carboxylic acids is 1. The predicted molar refractivity (Wildman–Crippen MR) is 90.1 cm³/mol. The summed E-state index contributed by atoms with van der Waals surface area (Å²) in [6, 6.07) is 8.53. The van der Waals surface area contributed by atoms with Crippen LogP contribution in [0.25, 0.3) is 0 Å². The van der Waals surface area contributed by atoms with Crippen molar-refractivity contribution in [2.24, 2.45) is 5.92 Å². The largest absolute Gasteiger partial charge is 0.344 e. The molecule has 0 aliphatic carbocycles. The molecule has 2 aromatic rings. The Morgan fingerprint density at radius 3 is 2.45 bits per heavy atom. The van der Waals surface area contributed by atoms with E-state index in [0.717, 1.165) is 29.9 Å². The Labute approximate surface area is 136 Å². The molecule has 0 radical (unpaired) electrons. The van der Waals surface area contributed by atoms with Crippen LogP contribution in [0.3, 0.4) is 0 Å². The monoisotopic (exact) mass is 317 g/mol. The van der Waals surface area contributed by atoms with E-state index >= 15 is 0 Å². The van der Waals surface area contributed by atoms with E-state index < -0.39 is 0 Å². The van der Waals surface area contributed by atoms with Crippen molar-refractivity contribution in [3.05, 3.63) is 46.0 Å². The SMILES string of the molecule is CCCc1ccc(C(NC(=O)c2snnc2C)C(C)C)cc1. The molecule has 1 unspecified atom stereocenters. The van der Waals surface area contributed by atoms with E-state index in [1.165, 1.54) is 5.56 Å². The molecule has 0 aliphatic rings. The summed E-state index contributed by atoms with van der Waals surface area (Å²) in [6.07, 6.45) is 2.23. The van der Waals surface area contributed by atoms with Gasteiger partial charge in [0, 0.05) is 0 Å². The molecule has 1 aromatic heterocycles. The molecule has 1 N–H and O–H groups in total. The maximum Gasteiger partial charge on any atom is 0.265 e. The summed E-state index contributed by atoms with van der Waals surface area (Å²) >= 11 is 1.14. The lowest BCUT2D eigenvalue weighted by atomic mass is 9.94. The van der Waals surface area contributed by atoms with E-state index in [4.69, 9.17) is 0 Å². The van der Waals surface area contributed by atoms with Gasteiger partial charge in [0.15, 0.2) is 0 Å². The van der Waals surface area contributed by atoms with Gasteiger partial charge in [0.2, 0.25) is 0 Å². The van der Waals surface area contributed by atoms with Crippen molar-refractivity contribution in [2.75, 3.05) is 0 Å². The second kappa shape index (κ2) is 7.49. The van der Waals surface area contributed by atoms with Crippen molar-refractivity contribution < 1.29 is 4.79 Å². The van der Waals surface area contributed by atoms with Crippen molar-refractivity contribution in [3.8, 4) is 0 Å². The van der Waals surface area contributed by atoms with E-state index in [1.807, 2.05) is 6.92 Å². The molecule has 0 spiro atoms. The normalized spacial score (nSPS) is 12.4. The van der Waals surface area contributed by atoms with Gasteiger partial charge < -0.3 is 5.32 Å². The first-order chi connectivity index (χ1) is 10.5. The number of aromatic nitrogens is 2. The van der Waals surface area contributed by atoms with Gasteiger partial charge in [-0.15, -0.1) is 5.10 Å². The van der Waals surface area contributed by atoms with E-state index in [9.17, 15) is 4.79 Å². The first kappa shape index (κ1) is 16.6. The lowest BCUT2D eigenvalue weighted by Gasteiger charge is -2.23. The fourth-order valence-electron chi connectivity index (χ4n) is 2.46. The lowest BCUT2D eigenvalue weighted by Crippen LogP contribution is -2.31. The molecule has 0 aliphatic heterocycles. The Hall–Kier alpha value is -1.75. The highest BCUT2D eigenvalue weighted by molar-refractivity contribution is 7.08. The Morgan fingerprint density at radius 2 is 1.95 bits per heavy atom. The standard InChI is InChI=1S/C17H23N3OS/c1-5-6-13-7-9-14(10-8-13)15(11(2)3)18-17(21)16-12(4)19-20-22-16/h7-11,15H,5-6H2,1-4H3,(H,18,21). The number of aryl methyl sites for hydroxylation is 2. The minimum Gasteiger partial charge on any atom is -0.344 e. The van der Waals surface area contributed by atoms with Gasteiger partial charge in [-0.1, -0.05) is 55.9 Å². The third-order valence-corrected chi connectivity index (χ3v) is 4.52. The van der Waals surface area contributed by atoms with Gasteiger partial charge in [0.05, 0.1) is 11.7 Å². The second-order valence-electron chi connectivity index (χ2n) is 5.87. The van der Waals surface area contributed by atoms with Crippen LogP contribution >= 0.6 is 11.5 Å². The first-order valence-electron chi connectivity index (χ1n) is 7.71. The molecule has 0 saturated heterocycles. The molecule has 0 saturated carbocycles. The molecule has 1 heterocycles. The fourth-order valence-corrected chi connectivity index (χ4v) is 3.02. The number of rotatable bonds is 6. The van der Waals surface area contributed by atoms with Gasteiger partial charge in [0.1, 0.15) is 4.88 Å². The van der Waals surface area contributed by atoms with Crippen LogP contribution in [-0.2, 0) is 6.42 Å². The third-order valence-electron chi connectivity index (χ3n) is 3.69. The van der Waals surface area contributed by atoms with Gasteiger partial charge in [-0.25, -0.2) is 0 Å². The van der Waals surface area contributed by atoms with E-state index in [1.54, 1.807) is 0 Å². The highest BCUT2D eigenvalue weighted by Crippen LogP contribution is 2.23. The van der Waals surface area contributed by atoms with Gasteiger partial charge in [-0.2, -0.15) is 0 Å². The van der Waals surface area contributed by atoms with Crippen molar-refractivity contribution in [1.82, 2.24) is 14.9 Å².